The van der Waals surface area contributed by atoms with Crippen LogP contribution in [0, 0.1) is 0 Å². The summed E-state index contributed by atoms with van der Waals surface area (Å²) in [6.45, 7) is 4.70. The lowest BCUT2D eigenvalue weighted by Gasteiger charge is -2.27. The molecule has 1 atom stereocenters. The maximum absolute atomic E-state index is 12.0. The lowest BCUT2D eigenvalue weighted by atomic mass is 10.1. The topological polar surface area (TPSA) is 75.1 Å². The second-order valence-corrected chi connectivity index (χ2v) is 6.18. The molecular formula is C17H24N6O. The van der Waals surface area contributed by atoms with E-state index in [-0.39, 0.29) is 12.1 Å². The van der Waals surface area contributed by atoms with Gasteiger partial charge in [-0.1, -0.05) is 0 Å². The van der Waals surface area contributed by atoms with Gasteiger partial charge in [-0.05, 0) is 44.4 Å². The number of carbonyl (C=O) groups excluding carboxylic acids is 1. The quantitative estimate of drug-likeness (QED) is 0.884. The molecule has 7 nitrogen and oxygen atoms in total. The molecule has 3 rings (SSSR count). The monoisotopic (exact) mass is 328 g/mol. The summed E-state index contributed by atoms with van der Waals surface area (Å²) >= 11 is 0. The Hall–Kier alpha value is -2.57. The van der Waals surface area contributed by atoms with Crippen molar-refractivity contribution in [3.05, 3.63) is 36.8 Å². The standard InChI is InChI=1S/C17H24N6O/c1-14(13-23-11-5-8-19-23)20-17(24)21-15-6-7-16(18-12-15)22-9-3-2-4-10-22/h5-8,11-12,14H,2-4,9-10,13H2,1H3,(H2,20,21,24)/t14-/m0/s1. The molecule has 0 radical (unpaired) electrons. The van der Waals surface area contributed by atoms with Gasteiger partial charge in [0.2, 0.25) is 0 Å². The van der Waals surface area contributed by atoms with Crippen LogP contribution in [0.15, 0.2) is 36.8 Å². The van der Waals surface area contributed by atoms with E-state index in [1.54, 1.807) is 17.1 Å². The van der Waals surface area contributed by atoms with Crippen molar-refractivity contribution >= 4 is 17.5 Å². The molecule has 0 saturated carbocycles. The zero-order valence-corrected chi connectivity index (χ0v) is 14.0. The van der Waals surface area contributed by atoms with Crippen LogP contribution in [0.25, 0.3) is 0 Å². The van der Waals surface area contributed by atoms with Gasteiger partial charge in [0.15, 0.2) is 0 Å². The highest BCUT2D eigenvalue weighted by Gasteiger charge is 2.12. The Morgan fingerprint density at radius 1 is 1.29 bits per heavy atom. The number of nitrogens with zero attached hydrogens (tertiary/aromatic N) is 4. The number of pyridine rings is 1. The number of rotatable bonds is 5. The van der Waals surface area contributed by atoms with E-state index in [0.717, 1.165) is 18.9 Å². The smallest absolute Gasteiger partial charge is 0.319 e. The van der Waals surface area contributed by atoms with Gasteiger partial charge in [0.05, 0.1) is 18.4 Å². The van der Waals surface area contributed by atoms with Crippen LogP contribution in [0.5, 0.6) is 0 Å². The fraction of sp³-hybridized carbons (Fsp3) is 0.471. The van der Waals surface area contributed by atoms with Gasteiger partial charge >= 0.3 is 6.03 Å². The van der Waals surface area contributed by atoms with E-state index < -0.39 is 0 Å². The number of aromatic nitrogens is 3. The summed E-state index contributed by atoms with van der Waals surface area (Å²) in [5, 5.41) is 9.85. The molecule has 0 bridgehead atoms. The normalized spacial score (nSPS) is 15.8. The molecule has 2 aromatic heterocycles. The number of urea groups is 1. The minimum absolute atomic E-state index is 0.0227. The van der Waals surface area contributed by atoms with Crippen molar-refractivity contribution in [3.63, 3.8) is 0 Å². The van der Waals surface area contributed by atoms with Gasteiger partial charge in [0.1, 0.15) is 5.82 Å². The van der Waals surface area contributed by atoms with E-state index in [1.165, 1.54) is 19.3 Å². The van der Waals surface area contributed by atoms with Crippen LogP contribution in [-0.2, 0) is 6.54 Å². The first kappa shape index (κ1) is 16.3. The van der Waals surface area contributed by atoms with Gasteiger partial charge < -0.3 is 15.5 Å². The minimum atomic E-state index is -0.234. The van der Waals surface area contributed by atoms with E-state index >= 15 is 0 Å². The van der Waals surface area contributed by atoms with Crippen molar-refractivity contribution in [2.75, 3.05) is 23.3 Å². The average Bonchev–Trinajstić information content (AvgIpc) is 3.09. The van der Waals surface area contributed by atoms with Crippen LogP contribution >= 0.6 is 0 Å². The summed E-state index contributed by atoms with van der Waals surface area (Å²) in [5.41, 5.74) is 0.694. The van der Waals surface area contributed by atoms with Gasteiger partial charge in [-0.3, -0.25) is 4.68 Å². The summed E-state index contributed by atoms with van der Waals surface area (Å²) in [7, 11) is 0. The molecule has 24 heavy (non-hydrogen) atoms. The summed E-state index contributed by atoms with van der Waals surface area (Å²) < 4.78 is 1.79. The van der Waals surface area contributed by atoms with Gasteiger partial charge in [0, 0.05) is 31.5 Å². The molecule has 0 unspecified atom stereocenters. The van der Waals surface area contributed by atoms with Crippen LogP contribution < -0.4 is 15.5 Å². The fourth-order valence-corrected chi connectivity index (χ4v) is 2.90. The molecule has 2 N–H and O–H groups in total. The van der Waals surface area contributed by atoms with Gasteiger partial charge in [-0.15, -0.1) is 0 Å². The van der Waals surface area contributed by atoms with Crippen LogP contribution in [0.1, 0.15) is 26.2 Å². The lowest BCUT2D eigenvalue weighted by molar-refractivity contribution is 0.247. The van der Waals surface area contributed by atoms with Crippen LogP contribution in [-0.4, -0.2) is 39.9 Å². The number of hydrogen-bond donors (Lipinski definition) is 2. The van der Waals surface area contributed by atoms with E-state index in [4.69, 9.17) is 0 Å². The minimum Gasteiger partial charge on any atom is -0.357 e. The Labute approximate surface area is 142 Å². The maximum Gasteiger partial charge on any atom is 0.319 e. The third kappa shape index (κ3) is 4.47. The zero-order valence-electron chi connectivity index (χ0n) is 14.0. The van der Waals surface area contributed by atoms with Crippen LogP contribution in [0.2, 0.25) is 0 Å². The molecule has 128 valence electrons. The zero-order chi connectivity index (χ0) is 16.8. The Bertz CT molecular complexity index is 634. The van der Waals surface area contributed by atoms with E-state index in [1.807, 2.05) is 31.3 Å². The molecule has 2 aromatic rings. The Balaban J connectivity index is 1.48. The van der Waals surface area contributed by atoms with Crippen LogP contribution in [0.3, 0.4) is 0 Å². The number of piperidine rings is 1. The van der Waals surface area contributed by atoms with E-state index in [9.17, 15) is 4.79 Å². The van der Waals surface area contributed by atoms with Gasteiger partial charge in [-0.25, -0.2) is 9.78 Å². The molecule has 0 aromatic carbocycles. The molecule has 2 amide bonds. The highest BCUT2D eigenvalue weighted by atomic mass is 16.2. The van der Waals surface area contributed by atoms with Crippen molar-refractivity contribution in [2.24, 2.45) is 0 Å². The second-order valence-electron chi connectivity index (χ2n) is 6.18. The summed E-state index contributed by atoms with van der Waals surface area (Å²) in [6, 6.07) is 5.47. The molecule has 3 heterocycles. The van der Waals surface area contributed by atoms with Gasteiger partial charge in [-0.2, -0.15) is 5.10 Å². The largest absolute Gasteiger partial charge is 0.357 e. The molecular weight excluding hydrogens is 304 g/mol. The predicted octanol–water partition coefficient (Wildman–Crippen LogP) is 2.48. The highest BCUT2D eigenvalue weighted by molar-refractivity contribution is 5.89. The molecule has 1 aliphatic heterocycles. The summed E-state index contributed by atoms with van der Waals surface area (Å²) in [4.78, 5) is 18.8. The predicted molar refractivity (Wildman–Crippen MR) is 94.1 cm³/mol. The molecule has 1 saturated heterocycles. The maximum atomic E-state index is 12.0. The fourth-order valence-electron chi connectivity index (χ4n) is 2.90. The average molecular weight is 328 g/mol. The summed E-state index contributed by atoms with van der Waals surface area (Å²) in [5.74, 6) is 0.979. The van der Waals surface area contributed by atoms with Crippen molar-refractivity contribution < 1.29 is 4.79 Å². The van der Waals surface area contributed by atoms with Crippen molar-refractivity contribution in [3.8, 4) is 0 Å². The first-order chi connectivity index (χ1) is 11.7. The van der Waals surface area contributed by atoms with Crippen molar-refractivity contribution in [1.82, 2.24) is 20.1 Å². The number of hydrogen-bond acceptors (Lipinski definition) is 4. The van der Waals surface area contributed by atoms with Crippen LogP contribution in [0.4, 0.5) is 16.3 Å². The third-order valence-corrected chi connectivity index (χ3v) is 4.08. The highest BCUT2D eigenvalue weighted by Crippen LogP contribution is 2.18. The number of anilines is 2. The Morgan fingerprint density at radius 2 is 2.12 bits per heavy atom. The molecule has 1 aliphatic rings. The van der Waals surface area contributed by atoms with Crippen molar-refractivity contribution in [2.45, 2.75) is 38.8 Å². The number of amides is 2. The SMILES string of the molecule is C[C@@H](Cn1cccn1)NC(=O)Nc1ccc(N2CCCCC2)nc1. The third-order valence-electron chi connectivity index (χ3n) is 4.08. The second kappa shape index (κ2) is 7.81. The first-order valence-corrected chi connectivity index (χ1v) is 8.46. The molecule has 7 heteroatoms. The van der Waals surface area contributed by atoms with E-state index in [0.29, 0.717) is 12.2 Å². The van der Waals surface area contributed by atoms with Gasteiger partial charge in [0.25, 0.3) is 0 Å². The molecule has 0 aliphatic carbocycles. The van der Waals surface area contributed by atoms with Crippen molar-refractivity contribution in [1.29, 1.82) is 0 Å². The van der Waals surface area contributed by atoms with E-state index in [2.05, 4.69) is 25.6 Å². The Kier molecular flexibility index (Phi) is 5.30. The summed E-state index contributed by atoms with van der Waals surface area (Å²) in [6.07, 6.45) is 9.05. The molecule has 0 spiro atoms. The number of carbonyl (C=O) groups is 1. The molecule has 1 fully saturated rings. The lowest BCUT2D eigenvalue weighted by Crippen LogP contribution is -2.38. The number of nitrogens with one attached hydrogen (secondary N) is 2. The Morgan fingerprint density at radius 3 is 2.79 bits per heavy atom. The first-order valence-electron chi connectivity index (χ1n) is 8.46.